The highest BCUT2D eigenvalue weighted by Gasteiger charge is 2.32. The van der Waals surface area contributed by atoms with Crippen LogP contribution in [0.2, 0.25) is 0 Å². The molecule has 5 nitrogen and oxygen atoms in total. The molecule has 2 atom stereocenters. The van der Waals surface area contributed by atoms with Crippen molar-refractivity contribution in [2.24, 2.45) is 0 Å². The molecule has 0 radical (unpaired) electrons. The van der Waals surface area contributed by atoms with Crippen LogP contribution in [0.1, 0.15) is 25.6 Å². The number of nitrogens with zero attached hydrogens (tertiary/aromatic N) is 1. The fourth-order valence-electron chi connectivity index (χ4n) is 2.46. The normalized spacial score (nSPS) is 22.3. The van der Waals surface area contributed by atoms with Gasteiger partial charge < -0.3 is 9.73 Å². The molecule has 0 saturated carbocycles. The molecule has 1 aromatic rings. The van der Waals surface area contributed by atoms with Crippen molar-refractivity contribution >= 4 is 21.6 Å². The third-order valence-corrected chi connectivity index (χ3v) is 7.16. The number of hydrogen-bond acceptors (Lipinski definition) is 6. The van der Waals surface area contributed by atoms with Crippen molar-refractivity contribution in [3.8, 4) is 0 Å². The zero-order chi connectivity index (χ0) is 15.3. The summed E-state index contributed by atoms with van der Waals surface area (Å²) in [6.07, 6.45) is 1.67. The first-order chi connectivity index (χ1) is 10.0. The van der Waals surface area contributed by atoms with Crippen LogP contribution in [0.4, 0.5) is 0 Å². The molecule has 0 bridgehead atoms. The summed E-state index contributed by atoms with van der Waals surface area (Å²) < 4.78 is 29.7. The summed E-state index contributed by atoms with van der Waals surface area (Å²) in [4.78, 5) is 2.09. The molecule has 0 amide bonds. The van der Waals surface area contributed by atoms with Gasteiger partial charge in [0, 0.05) is 36.9 Å². The minimum Gasteiger partial charge on any atom is -0.468 e. The van der Waals surface area contributed by atoms with E-state index in [1.807, 2.05) is 19.1 Å². The number of sulfone groups is 1. The first kappa shape index (κ1) is 16.9. The Kier molecular flexibility index (Phi) is 6.16. The van der Waals surface area contributed by atoms with Gasteiger partial charge in [0.2, 0.25) is 0 Å². The van der Waals surface area contributed by atoms with Gasteiger partial charge in [-0.2, -0.15) is 11.8 Å². The molecule has 0 spiro atoms. The zero-order valence-electron chi connectivity index (χ0n) is 12.6. The standard InChI is InChI=1S/C14H24N2O3S2/c1-3-21(17,18)14-11-20-10-8-16(14)7-6-15-12(2)13-5-4-9-19-13/h4-5,9,12,14-15H,3,6-8,10-11H2,1-2H3. The number of rotatable bonds is 7. The first-order valence-electron chi connectivity index (χ1n) is 7.34. The molecule has 1 saturated heterocycles. The molecule has 120 valence electrons. The minimum absolute atomic E-state index is 0.139. The van der Waals surface area contributed by atoms with E-state index in [4.69, 9.17) is 4.42 Å². The van der Waals surface area contributed by atoms with Crippen molar-refractivity contribution in [2.75, 3.05) is 36.9 Å². The van der Waals surface area contributed by atoms with Crippen LogP contribution < -0.4 is 5.32 Å². The fraction of sp³-hybridized carbons (Fsp3) is 0.714. The highest BCUT2D eigenvalue weighted by molar-refractivity contribution is 8.01. The fourth-order valence-corrected chi connectivity index (χ4v) is 5.57. The van der Waals surface area contributed by atoms with Gasteiger partial charge in [0.15, 0.2) is 9.84 Å². The molecule has 2 unspecified atom stereocenters. The van der Waals surface area contributed by atoms with Gasteiger partial charge in [-0.05, 0) is 19.1 Å². The van der Waals surface area contributed by atoms with E-state index in [-0.39, 0.29) is 17.2 Å². The van der Waals surface area contributed by atoms with E-state index in [2.05, 4.69) is 10.2 Å². The van der Waals surface area contributed by atoms with Crippen LogP contribution in [0.5, 0.6) is 0 Å². The second kappa shape index (κ2) is 7.67. The van der Waals surface area contributed by atoms with E-state index in [0.717, 1.165) is 31.1 Å². The van der Waals surface area contributed by atoms with Crippen LogP contribution >= 0.6 is 11.8 Å². The second-order valence-electron chi connectivity index (χ2n) is 5.21. The predicted octanol–water partition coefficient (Wildman–Crippen LogP) is 1.74. The smallest absolute Gasteiger partial charge is 0.166 e. The first-order valence-corrected chi connectivity index (χ1v) is 10.2. The molecule has 7 heteroatoms. The molecule has 1 N–H and O–H groups in total. The Morgan fingerprint density at radius 3 is 3.05 bits per heavy atom. The molecule has 2 rings (SSSR count). The van der Waals surface area contributed by atoms with Gasteiger partial charge in [0.1, 0.15) is 11.1 Å². The Labute approximate surface area is 131 Å². The monoisotopic (exact) mass is 332 g/mol. The highest BCUT2D eigenvalue weighted by atomic mass is 32.2. The molecule has 2 heterocycles. The van der Waals surface area contributed by atoms with Crippen LogP contribution in [-0.4, -0.2) is 55.6 Å². The summed E-state index contributed by atoms with van der Waals surface area (Å²) in [5.74, 6) is 2.81. The summed E-state index contributed by atoms with van der Waals surface area (Å²) in [5, 5.41) is 3.05. The Morgan fingerprint density at radius 1 is 1.57 bits per heavy atom. The molecule has 0 aromatic carbocycles. The SMILES string of the molecule is CCS(=O)(=O)C1CSCCN1CCNC(C)c1ccco1. The minimum atomic E-state index is -3.01. The van der Waals surface area contributed by atoms with Crippen LogP contribution in [-0.2, 0) is 9.84 Å². The van der Waals surface area contributed by atoms with Crippen LogP contribution in [0, 0.1) is 0 Å². The van der Waals surface area contributed by atoms with Gasteiger partial charge >= 0.3 is 0 Å². The maximum Gasteiger partial charge on any atom is 0.166 e. The van der Waals surface area contributed by atoms with Gasteiger partial charge in [-0.25, -0.2) is 8.42 Å². The lowest BCUT2D eigenvalue weighted by atomic mass is 10.2. The zero-order valence-corrected chi connectivity index (χ0v) is 14.3. The Balaban J connectivity index is 1.85. The van der Waals surface area contributed by atoms with Crippen molar-refractivity contribution in [3.05, 3.63) is 24.2 Å². The summed E-state index contributed by atoms with van der Waals surface area (Å²) in [6, 6.07) is 3.96. The van der Waals surface area contributed by atoms with Crippen LogP contribution in [0.15, 0.2) is 22.8 Å². The van der Waals surface area contributed by atoms with Crippen molar-refractivity contribution in [3.63, 3.8) is 0 Å². The van der Waals surface area contributed by atoms with E-state index in [0.29, 0.717) is 5.75 Å². The van der Waals surface area contributed by atoms with E-state index < -0.39 is 9.84 Å². The predicted molar refractivity (Wildman–Crippen MR) is 87.3 cm³/mol. The Hall–Kier alpha value is -0.500. The third-order valence-electron chi connectivity index (χ3n) is 3.83. The van der Waals surface area contributed by atoms with Crippen molar-refractivity contribution in [2.45, 2.75) is 25.3 Å². The van der Waals surface area contributed by atoms with E-state index in [9.17, 15) is 8.42 Å². The lowest BCUT2D eigenvalue weighted by molar-refractivity contribution is 0.263. The van der Waals surface area contributed by atoms with Gasteiger partial charge in [0.25, 0.3) is 0 Å². The molecule has 0 aliphatic carbocycles. The average Bonchev–Trinajstić information content (AvgIpc) is 3.02. The Bertz CT molecular complexity index is 516. The lowest BCUT2D eigenvalue weighted by Gasteiger charge is -2.34. The molecule has 1 aliphatic rings. The van der Waals surface area contributed by atoms with Crippen molar-refractivity contribution in [1.29, 1.82) is 0 Å². The molecular formula is C14H24N2O3S2. The molecule has 1 aliphatic heterocycles. The quantitative estimate of drug-likeness (QED) is 0.821. The largest absolute Gasteiger partial charge is 0.468 e. The number of nitrogens with one attached hydrogen (secondary N) is 1. The average molecular weight is 332 g/mol. The number of thioether (sulfide) groups is 1. The maximum absolute atomic E-state index is 12.2. The van der Waals surface area contributed by atoms with Gasteiger partial charge in [-0.3, -0.25) is 4.90 Å². The van der Waals surface area contributed by atoms with E-state index in [1.165, 1.54) is 0 Å². The van der Waals surface area contributed by atoms with Crippen molar-refractivity contribution < 1.29 is 12.8 Å². The number of furan rings is 1. The number of hydrogen-bond donors (Lipinski definition) is 1. The maximum atomic E-state index is 12.2. The molecule has 1 aromatic heterocycles. The third kappa shape index (κ3) is 4.48. The van der Waals surface area contributed by atoms with E-state index >= 15 is 0 Å². The topological polar surface area (TPSA) is 62.6 Å². The van der Waals surface area contributed by atoms with Gasteiger partial charge in [-0.15, -0.1) is 0 Å². The Morgan fingerprint density at radius 2 is 2.38 bits per heavy atom. The van der Waals surface area contributed by atoms with Crippen LogP contribution in [0.3, 0.4) is 0 Å². The molecular weight excluding hydrogens is 308 g/mol. The summed E-state index contributed by atoms with van der Waals surface area (Å²) in [7, 11) is -3.01. The van der Waals surface area contributed by atoms with Gasteiger partial charge in [-0.1, -0.05) is 6.92 Å². The lowest BCUT2D eigenvalue weighted by Crippen LogP contribution is -2.49. The summed E-state index contributed by atoms with van der Waals surface area (Å²) in [6.45, 7) is 6.11. The summed E-state index contributed by atoms with van der Waals surface area (Å²) >= 11 is 1.73. The molecule has 1 fully saturated rings. The van der Waals surface area contributed by atoms with Crippen LogP contribution in [0.25, 0.3) is 0 Å². The molecule has 21 heavy (non-hydrogen) atoms. The highest BCUT2D eigenvalue weighted by Crippen LogP contribution is 2.21. The van der Waals surface area contributed by atoms with Crippen molar-refractivity contribution in [1.82, 2.24) is 10.2 Å². The van der Waals surface area contributed by atoms with E-state index in [1.54, 1.807) is 24.9 Å². The summed E-state index contributed by atoms with van der Waals surface area (Å²) in [5.41, 5.74) is 0. The van der Waals surface area contributed by atoms with Gasteiger partial charge in [0.05, 0.1) is 12.3 Å². The second-order valence-corrected chi connectivity index (χ2v) is 8.81.